The van der Waals surface area contributed by atoms with Gasteiger partial charge in [0.2, 0.25) is 0 Å². The molecule has 2 amide bonds. The average molecular weight is 228 g/mol. The van der Waals surface area contributed by atoms with E-state index in [0.29, 0.717) is 13.2 Å². The van der Waals surface area contributed by atoms with Crippen molar-refractivity contribution in [1.82, 2.24) is 10.6 Å². The van der Waals surface area contributed by atoms with Crippen molar-refractivity contribution in [1.29, 1.82) is 0 Å². The van der Waals surface area contributed by atoms with Crippen molar-refractivity contribution >= 4 is 6.03 Å². The van der Waals surface area contributed by atoms with E-state index in [2.05, 4.69) is 16.7 Å². The molecule has 92 valence electrons. The van der Waals surface area contributed by atoms with Crippen LogP contribution in [0.1, 0.15) is 19.8 Å². The molecule has 1 rings (SSSR count). The molecule has 0 fully saturated rings. The number of rotatable bonds is 5. The lowest BCUT2D eigenvalue weighted by atomic mass is 10.1. The summed E-state index contributed by atoms with van der Waals surface area (Å²) in [6, 6.07) is -0.434. The molecule has 3 N–H and O–H groups in total. The second kappa shape index (κ2) is 7.24. The van der Waals surface area contributed by atoms with E-state index in [4.69, 9.17) is 9.84 Å². The zero-order valence-corrected chi connectivity index (χ0v) is 9.66. The van der Waals surface area contributed by atoms with Crippen LogP contribution in [0.15, 0.2) is 11.6 Å². The van der Waals surface area contributed by atoms with Crippen molar-refractivity contribution in [2.45, 2.75) is 25.8 Å². The molecule has 1 aliphatic rings. The SMILES string of the molecule is C[C@@H](CO)NC(=O)NCCC1=CCOCC1. The lowest BCUT2D eigenvalue weighted by molar-refractivity contribution is 0.153. The molecule has 1 heterocycles. The van der Waals surface area contributed by atoms with Crippen LogP contribution >= 0.6 is 0 Å². The van der Waals surface area contributed by atoms with Gasteiger partial charge >= 0.3 is 6.03 Å². The molecule has 0 unspecified atom stereocenters. The van der Waals surface area contributed by atoms with Crippen molar-refractivity contribution in [3.8, 4) is 0 Å². The predicted molar refractivity (Wildman–Crippen MR) is 61.2 cm³/mol. The molecule has 1 aliphatic heterocycles. The van der Waals surface area contributed by atoms with Crippen LogP contribution < -0.4 is 10.6 Å². The van der Waals surface area contributed by atoms with E-state index in [-0.39, 0.29) is 18.7 Å². The van der Waals surface area contributed by atoms with Gasteiger partial charge in [-0.25, -0.2) is 4.79 Å². The lowest BCUT2D eigenvalue weighted by Crippen LogP contribution is -2.42. The van der Waals surface area contributed by atoms with Crippen LogP contribution in [0.2, 0.25) is 0 Å². The summed E-state index contributed by atoms with van der Waals surface area (Å²) in [4.78, 5) is 11.3. The zero-order valence-electron chi connectivity index (χ0n) is 9.66. The van der Waals surface area contributed by atoms with Gasteiger partial charge in [0, 0.05) is 6.54 Å². The quantitative estimate of drug-likeness (QED) is 0.597. The second-order valence-electron chi connectivity index (χ2n) is 3.92. The summed E-state index contributed by atoms with van der Waals surface area (Å²) in [6.45, 7) is 3.79. The van der Waals surface area contributed by atoms with Crippen molar-refractivity contribution in [3.05, 3.63) is 11.6 Å². The summed E-state index contributed by atoms with van der Waals surface area (Å²) in [5.41, 5.74) is 1.33. The summed E-state index contributed by atoms with van der Waals surface area (Å²) < 4.78 is 5.19. The topological polar surface area (TPSA) is 70.6 Å². The van der Waals surface area contributed by atoms with Gasteiger partial charge in [0.15, 0.2) is 0 Å². The van der Waals surface area contributed by atoms with Crippen LogP contribution in [0.25, 0.3) is 0 Å². The third-order valence-corrected chi connectivity index (χ3v) is 2.44. The number of hydrogen-bond acceptors (Lipinski definition) is 3. The van der Waals surface area contributed by atoms with Crippen LogP contribution in [0.5, 0.6) is 0 Å². The summed E-state index contributed by atoms with van der Waals surface area (Å²) in [6.07, 6.45) is 3.89. The summed E-state index contributed by atoms with van der Waals surface area (Å²) in [7, 11) is 0. The fourth-order valence-corrected chi connectivity index (χ4v) is 1.45. The third-order valence-electron chi connectivity index (χ3n) is 2.44. The van der Waals surface area contributed by atoms with Gasteiger partial charge in [0.25, 0.3) is 0 Å². The van der Waals surface area contributed by atoms with Gasteiger partial charge in [-0.2, -0.15) is 0 Å². The molecule has 5 heteroatoms. The monoisotopic (exact) mass is 228 g/mol. The Morgan fingerprint density at radius 1 is 1.69 bits per heavy atom. The number of ether oxygens (including phenoxy) is 1. The molecule has 16 heavy (non-hydrogen) atoms. The maximum atomic E-state index is 11.3. The van der Waals surface area contributed by atoms with E-state index < -0.39 is 0 Å². The van der Waals surface area contributed by atoms with Gasteiger partial charge < -0.3 is 20.5 Å². The first kappa shape index (κ1) is 13.0. The first-order valence-electron chi connectivity index (χ1n) is 5.63. The number of nitrogens with one attached hydrogen (secondary N) is 2. The molecule has 0 saturated heterocycles. The molecule has 0 aromatic rings. The van der Waals surface area contributed by atoms with Crippen LogP contribution in [-0.2, 0) is 4.74 Å². The van der Waals surface area contributed by atoms with E-state index in [1.807, 2.05) is 0 Å². The molecular formula is C11H20N2O3. The highest BCUT2D eigenvalue weighted by Gasteiger charge is 2.06. The highest BCUT2D eigenvalue weighted by molar-refractivity contribution is 5.74. The van der Waals surface area contributed by atoms with Crippen molar-refractivity contribution < 1.29 is 14.6 Å². The largest absolute Gasteiger partial charge is 0.394 e. The Morgan fingerprint density at radius 2 is 2.50 bits per heavy atom. The van der Waals surface area contributed by atoms with Crippen LogP contribution in [0.4, 0.5) is 4.79 Å². The Morgan fingerprint density at radius 3 is 3.12 bits per heavy atom. The maximum Gasteiger partial charge on any atom is 0.315 e. The lowest BCUT2D eigenvalue weighted by Gasteiger charge is -2.15. The molecule has 0 saturated carbocycles. The first-order chi connectivity index (χ1) is 7.72. The first-order valence-corrected chi connectivity index (χ1v) is 5.63. The zero-order chi connectivity index (χ0) is 11.8. The fourth-order valence-electron chi connectivity index (χ4n) is 1.45. The number of carbonyl (C=O) groups is 1. The third kappa shape index (κ3) is 5.14. The molecule has 0 spiro atoms. The van der Waals surface area contributed by atoms with Crippen molar-refractivity contribution in [3.63, 3.8) is 0 Å². The minimum atomic E-state index is -0.228. The van der Waals surface area contributed by atoms with Crippen molar-refractivity contribution in [2.75, 3.05) is 26.4 Å². The number of amides is 2. The average Bonchev–Trinajstić information content (AvgIpc) is 2.30. The summed E-state index contributed by atoms with van der Waals surface area (Å²) >= 11 is 0. The van der Waals surface area contributed by atoms with Gasteiger partial charge in [0.1, 0.15) is 0 Å². The fraction of sp³-hybridized carbons (Fsp3) is 0.727. The van der Waals surface area contributed by atoms with Crippen LogP contribution in [0, 0.1) is 0 Å². The van der Waals surface area contributed by atoms with E-state index in [1.54, 1.807) is 6.92 Å². The van der Waals surface area contributed by atoms with Gasteiger partial charge in [-0.05, 0) is 19.8 Å². The normalized spacial score (nSPS) is 17.5. The van der Waals surface area contributed by atoms with E-state index >= 15 is 0 Å². The van der Waals surface area contributed by atoms with Gasteiger partial charge in [0.05, 0.1) is 25.9 Å². The smallest absolute Gasteiger partial charge is 0.315 e. The Labute approximate surface area is 95.9 Å². The van der Waals surface area contributed by atoms with E-state index in [0.717, 1.165) is 19.4 Å². The van der Waals surface area contributed by atoms with Gasteiger partial charge in [-0.1, -0.05) is 11.6 Å². The van der Waals surface area contributed by atoms with Crippen molar-refractivity contribution in [2.24, 2.45) is 0 Å². The number of urea groups is 1. The number of carbonyl (C=O) groups excluding carboxylic acids is 1. The minimum absolute atomic E-state index is 0.0457. The Bertz CT molecular complexity index is 254. The number of aliphatic hydroxyl groups is 1. The Hall–Kier alpha value is -1.07. The molecule has 0 bridgehead atoms. The molecule has 0 aliphatic carbocycles. The van der Waals surface area contributed by atoms with Gasteiger partial charge in [-0.3, -0.25) is 0 Å². The molecule has 5 nitrogen and oxygen atoms in total. The van der Waals surface area contributed by atoms with Crippen LogP contribution in [-0.4, -0.2) is 43.5 Å². The standard InChI is InChI=1S/C11H20N2O3/c1-9(8-14)13-11(15)12-5-2-10-3-6-16-7-4-10/h3,9,14H,2,4-8H2,1H3,(H2,12,13,15)/t9-/m0/s1. The highest BCUT2D eigenvalue weighted by Crippen LogP contribution is 2.10. The van der Waals surface area contributed by atoms with E-state index in [9.17, 15) is 4.79 Å². The highest BCUT2D eigenvalue weighted by atomic mass is 16.5. The maximum absolute atomic E-state index is 11.3. The molecule has 0 radical (unpaired) electrons. The summed E-state index contributed by atoms with van der Waals surface area (Å²) in [5.74, 6) is 0. The molecule has 0 aromatic carbocycles. The number of hydrogen-bond donors (Lipinski definition) is 3. The molecular weight excluding hydrogens is 208 g/mol. The predicted octanol–water partition coefficient (Wildman–Crippen LogP) is 0.403. The van der Waals surface area contributed by atoms with E-state index in [1.165, 1.54) is 5.57 Å². The second-order valence-corrected chi connectivity index (χ2v) is 3.92. The Kier molecular flexibility index (Phi) is 5.88. The minimum Gasteiger partial charge on any atom is -0.394 e. The van der Waals surface area contributed by atoms with Crippen LogP contribution in [0.3, 0.4) is 0 Å². The molecule has 0 aromatic heterocycles. The van der Waals surface area contributed by atoms with Gasteiger partial charge in [-0.15, -0.1) is 0 Å². The summed E-state index contributed by atoms with van der Waals surface area (Å²) in [5, 5.41) is 14.1. The number of aliphatic hydroxyl groups excluding tert-OH is 1. The molecule has 1 atom stereocenters. The Balaban J connectivity index is 2.10.